The summed E-state index contributed by atoms with van der Waals surface area (Å²) < 4.78 is 13.5. The highest BCUT2D eigenvalue weighted by molar-refractivity contribution is 6.28. The van der Waals surface area contributed by atoms with Crippen molar-refractivity contribution in [2.75, 3.05) is 0 Å². The van der Waals surface area contributed by atoms with Gasteiger partial charge in [-0.2, -0.15) is 0 Å². The molecule has 0 N–H and O–H groups in total. The molecule has 0 aliphatic carbocycles. The van der Waals surface area contributed by atoms with Gasteiger partial charge in [0.2, 0.25) is 0 Å². The number of furan rings is 1. The van der Waals surface area contributed by atoms with E-state index in [0.29, 0.717) is 0 Å². The first-order valence-corrected chi connectivity index (χ1v) is 17.2. The molecular weight excluding hydrogens is 609 g/mol. The quantitative estimate of drug-likeness (QED) is 0.177. The predicted molar refractivity (Wildman–Crippen MR) is 209 cm³/mol. The van der Waals surface area contributed by atoms with Crippen molar-refractivity contribution in [3.05, 3.63) is 158 Å². The van der Waals surface area contributed by atoms with E-state index in [9.17, 15) is 0 Å². The van der Waals surface area contributed by atoms with Crippen LogP contribution in [0, 0.1) is 0 Å². The molecule has 0 bridgehead atoms. The number of ether oxygens (including phenoxy) is 1. The fraction of sp³-hybridized carbons (Fsp3) is 0. The zero-order chi connectivity index (χ0) is 32.5. The Labute approximate surface area is 286 Å². The number of benzene rings is 10. The van der Waals surface area contributed by atoms with Crippen LogP contribution in [-0.2, 0) is 0 Å². The van der Waals surface area contributed by atoms with Crippen molar-refractivity contribution in [1.29, 1.82) is 0 Å². The Balaban J connectivity index is 1.20. The van der Waals surface area contributed by atoms with E-state index in [4.69, 9.17) is 9.15 Å². The van der Waals surface area contributed by atoms with Gasteiger partial charge in [0.1, 0.15) is 22.7 Å². The summed E-state index contributed by atoms with van der Waals surface area (Å²) in [4.78, 5) is 0. The smallest absolute Gasteiger partial charge is 0.143 e. The highest BCUT2D eigenvalue weighted by atomic mass is 16.5. The molecule has 230 valence electrons. The third-order valence-electron chi connectivity index (χ3n) is 11.0. The molecule has 0 spiro atoms. The normalized spacial score (nSPS) is 12.6. The SMILES string of the molecule is c1ccc2c(c1)Oc1cccc3cc(-c4ccc(-c5ccc6ccc7cccc8ccc5c6c78)c5c4oc4c6ccccc6ccc45)cc-2c13. The Morgan fingerprint density at radius 3 is 1.90 bits per heavy atom. The number of fused-ring (bicyclic) bond motifs is 7. The van der Waals surface area contributed by atoms with Crippen molar-refractivity contribution >= 4 is 75.8 Å². The number of rotatable bonds is 2. The Bertz CT molecular complexity index is 3220. The molecule has 1 aromatic heterocycles. The summed E-state index contributed by atoms with van der Waals surface area (Å²) in [6.07, 6.45) is 0. The van der Waals surface area contributed by atoms with Crippen LogP contribution in [0.3, 0.4) is 0 Å². The van der Waals surface area contributed by atoms with Crippen molar-refractivity contribution < 1.29 is 9.15 Å². The first-order chi connectivity index (χ1) is 24.8. The average Bonchev–Trinajstić information content (AvgIpc) is 3.57. The molecule has 0 saturated carbocycles. The third-order valence-corrected chi connectivity index (χ3v) is 11.0. The van der Waals surface area contributed by atoms with E-state index in [1.165, 1.54) is 54.4 Å². The molecule has 1 aliphatic heterocycles. The summed E-state index contributed by atoms with van der Waals surface area (Å²) in [7, 11) is 0. The van der Waals surface area contributed by atoms with Crippen LogP contribution in [0.5, 0.6) is 11.5 Å². The van der Waals surface area contributed by atoms with Gasteiger partial charge in [-0.1, -0.05) is 121 Å². The van der Waals surface area contributed by atoms with Crippen LogP contribution in [0.2, 0.25) is 0 Å². The number of para-hydroxylation sites is 1. The summed E-state index contributed by atoms with van der Waals surface area (Å²) in [5, 5.41) is 14.6. The lowest BCUT2D eigenvalue weighted by atomic mass is 9.87. The molecule has 2 heteroatoms. The molecule has 10 aromatic carbocycles. The van der Waals surface area contributed by atoms with Crippen LogP contribution in [-0.4, -0.2) is 0 Å². The topological polar surface area (TPSA) is 22.4 Å². The molecular formula is C48H26O2. The maximum Gasteiger partial charge on any atom is 0.143 e. The second kappa shape index (κ2) is 9.49. The van der Waals surface area contributed by atoms with Crippen LogP contribution >= 0.6 is 0 Å². The number of hydrogen-bond acceptors (Lipinski definition) is 2. The maximum atomic E-state index is 7.11. The van der Waals surface area contributed by atoms with Gasteiger partial charge in [-0.3, -0.25) is 0 Å². The fourth-order valence-corrected chi connectivity index (χ4v) is 8.77. The highest BCUT2D eigenvalue weighted by Crippen LogP contribution is 2.50. The Morgan fingerprint density at radius 2 is 0.960 bits per heavy atom. The summed E-state index contributed by atoms with van der Waals surface area (Å²) in [5.41, 5.74) is 8.71. The largest absolute Gasteiger partial charge is 0.456 e. The van der Waals surface area contributed by atoms with Crippen molar-refractivity contribution in [1.82, 2.24) is 0 Å². The minimum Gasteiger partial charge on any atom is -0.456 e. The fourth-order valence-electron chi connectivity index (χ4n) is 8.77. The average molecular weight is 635 g/mol. The second-order valence-corrected chi connectivity index (χ2v) is 13.6. The van der Waals surface area contributed by atoms with E-state index >= 15 is 0 Å². The molecule has 0 atom stereocenters. The number of hydrogen-bond donors (Lipinski definition) is 0. The third kappa shape index (κ3) is 3.42. The van der Waals surface area contributed by atoms with E-state index in [1.54, 1.807) is 0 Å². The minimum atomic E-state index is 0.884. The van der Waals surface area contributed by atoms with Crippen LogP contribution in [0.15, 0.2) is 162 Å². The van der Waals surface area contributed by atoms with Gasteiger partial charge >= 0.3 is 0 Å². The lowest BCUT2D eigenvalue weighted by Gasteiger charge is -2.22. The van der Waals surface area contributed by atoms with Crippen LogP contribution in [0.4, 0.5) is 0 Å². The van der Waals surface area contributed by atoms with E-state index in [-0.39, 0.29) is 0 Å². The van der Waals surface area contributed by atoms with Gasteiger partial charge in [0.25, 0.3) is 0 Å². The van der Waals surface area contributed by atoms with Crippen LogP contribution in [0.1, 0.15) is 0 Å². The van der Waals surface area contributed by atoms with Crippen LogP contribution < -0.4 is 4.74 Å². The highest BCUT2D eigenvalue weighted by Gasteiger charge is 2.24. The van der Waals surface area contributed by atoms with Gasteiger partial charge in [0, 0.05) is 32.7 Å². The molecule has 0 fully saturated rings. The molecule has 11 aromatic rings. The van der Waals surface area contributed by atoms with E-state index in [2.05, 4.69) is 152 Å². The zero-order valence-corrected chi connectivity index (χ0v) is 26.8. The maximum absolute atomic E-state index is 7.11. The monoisotopic (exact) mass is 634 g/mol. The van der Waals surface area contributed by atoms with Gasteiger partial charge in [0.15, 0.2) is 0 Å². The minimum absolute atomic E-state index is 0.884. The molecule has 0 radical (unpaired) electrons. The molecule has 1 aliphatic rings. The molecule has 2 nitrogen and oxygen atoms in total. The van der Waals surface area contributed by atoms with Gasteiger partial charge in [-0.25, -0.2) is 0 Å². The predicted octanol–water partition coefficient (Wildman–Crippen LogP) is 13.9. The van der Waals surface area contributed by atoms with Crippen molar-refractivity contribution in [2.24, 2.45) is 0 Å². The second-order valence-electron chi connectivity index (χ2n) is 13.6. The van der Waals surface area contributed by atoms with Gasteiger partial charge in [0.05, 0.1) is 0 Å². The lowest BCUT2D eigenvalue weighted by Crippen LogP contribution is -1.97. The molecule has 0 saturated heterocycles. The zero-order valence-electron chi connectivity index (χ0n) is 26.8. The summed E-state index contributed by atoms with van der Waals surface area (Å²) in [6, 6.07) is 57.1. The summed E-state index contributed by atoms with van der Waals surface area (Å²) >= 11 is 0. The Morgan fingerprint density at radius 1 is 0.300 bits per heavy atom. The molecule has 12 rings (SSSR count). The van der Waals surface area contributed by atoms with Gasteiger partial charge < -0.3 is 9.15 Å². The van der Waals surface area contributed by atoms with Crippen molar-refractivity contribution in [3.8, 4) is 44.9 Å². The Hall–Kier alpha value is -6.64. The molecule has 50 heavy (non-hydrogen) atoms. The Kier molecular flexibility index (Phi) is 5.00. The van der Waals surface area contributed by atoms with Crippen LogP contribution in [0.25, 0.3) is 109 Å². The first-order valence-electron chi connectivity index (χ1n) is 17.2. The first kappa shape index (κ1) is 26.3. The molecule has 2 heterocycles. The molecule has 0 amide bonds. The summed E-state index contributed by atoms with van der Waals surface area (Å²) in [5.74, 6) is 1.78. The lowest BCUT2D eigenvalue weighted by molar-refractivity contribution is 0.487. The molecule has 0 unspecified atom stereocenters. The van der Waals surface area contributed by atoms with Crippen molar-refractivity contribution in [3.63, 3.8) is 0 Å². The summed E-state index contributed by atoms with van der Waals surface area (Å²) in [6.45, 7) is 0. The van der Waals surface area contributed by atoms with E-state index < -0.39 is 0 Å². The standard InChI is InChI=1S/C48H26O2/c1-2-11-33-27(7-1)17-22-39-46-38(35-20-18-30-16-15-28-8-5-9-29-19-21-37(35)45(30)43(28)29)24-23-34(48(46)50-47(33)39)32-25-31-10-6-14-42-44(31)40(26-32)36-12-3-4-13-41(36)49-42/h1-26H. The van der Waals surface area contributed by atoms with E-state index in [0.717, 1.165) is 66.3 Å². The van der Waals surface area contributed by atoms with Crippen molar-refractivity contribution in [2.45, 2.75) is 0 Å². The van der Waals surface area contributed by atoms with Gasteiger partial charge in [-0.05, 0) is 102 Å². The van der Waals surface area contributed by atoms with Gasteiger partial charge in [-0.15, -0.1) is 0 Å². The van der Waals surface area contributed by atoms with E-state index in [1.807, 2.05) is 6.07 Å².